The average Bonchev–Trinajstić information content (AvgIpc) is 2.65. The highest BCUT2D eigenvalue weighted by atomic mass is 35.5. The van der Waals surface area contributed by atoms with E-state index < -0.39 is 0 Å². The lowest BCUT2D eigenvalue weighted by atomic mass is 9.88. The van der Waals surface area contributed by atoms with E-state index in [0.717, 1.165) is 23.5 Å². The second kappa shape index (κ2) is 5.41. The number of hydrogen-bond donors (Lipinski definition) is 1. The molecule has 1 aromatic carbocycles. The van der Waals surface area contributed by atoms with Crippen LogP contribution in [0.3, 0.4) is 0 Å². The normalized spacial score (nSPS) is 15.2. The van der Waals surface area contributed by atoms with Crippen LogP contribution in [0.2, 0.25) is 0 Å². The van der Waals surface area contributed by atoms with Crippen molar-refractivity contribution in [3.8, 4) is 0 Å². The molecule has 0 bridgehead atoms. The number of nitrogens with zero attached hydrogens (tertiary/aromatic N) is 1. The molecule has 0 fully saturated rings. The Bertz CT molecular complexity index is 626. The Morgan fingerprint density at radius 3 is 2.85 bits per heavy atom. The number of pyridine rings is 1. The molecule has 0 saturated heterocycles. The summed E-state index contributed by atoms with van der Waals surface area (Å²) < 4.78 is 13.2. The molecule has 1 N–H and O–H groups in total. The lowest BCUT2D eigenvalue weighted by molar-refractivity contribution is 0.584. The van der Waals surface area contributed by atoms with Gasteiger partial charge in [0.05, 0.1) is 0 Å². The maximum atomic E-state index is 13.2. The molecule has 0 aliphatic carbocycles. The summed E-state index contributed by atoms with van der Waals surface area (Å²) in [4.78, 5) is 4.51. The predicted octanol–water partition coefficient (Wildman–Crippen LogP) is 3.94. The molecule has 0 atom stereocenters. The smallest absolute Gasteiger partial charge is 0.123 e. The molecule has 0 amide bonds. The molecule has 1 aliphatic rings. The first kappa shape index (κ1) is 14.8. The summed E-state index contributed by atoms with van der Waals surface area (Å²) in [6.45, 7) is 5.35. The monoisotopic (exact) mass is 292 g/mol. The van der Waals surface area contributed by atoms with Crippen molar-refractivity contribution in [3.05, 3.63) is 59.2 Å². The molecule has 0 saturated carbocycles. The zero-order chi connectivity index (χ0) is 13.5. The number of halogens is 2. The maximum Gasteiger partial charge on any atom is 0.123 e. The van der Waals surface area contributed by atoms with E-state index in [1.165, 1.54) is 11.6 Å². The summed E-state index contributed by atoms with van der Waals surface area (Å²) in [6, 6.07) is 8.76. The van der Waals surface area contributed by atoms with Crippen LogP contribution < -0.4 is 5.32 Å². The Hall–Kier alpha value is -1.61. The van der Waals surface area contributed by atoms with Crippen molar-refractivity contribution < 1.29 is 4.39 Å². The predicted molar refractivity (Wildman–Crippen MR) is 82.2 cm³/mol. The molecule has 0 radical (unpaired) electrons. The molecule has 4 heteroatoms. The molecule has 0 spiro atoms. The van der Waals surface area contributed by atoms with Gasteiger partial charge in [0.25, 0.3) is 0 Å². The summed E-state index contributed by atoms with van der Waals surface area (Å²) in [5.74, 6) is -0.196. The summed E-state index contributed by atoms with van der Waals surface area (Å²) >= 11 is 0. The van der Waals surface area contributed by atoms with E-state index >= 15 is 0 Å². The second-order valence-corrected chi connectivity index (χ2v) is 5.77. The molecular weight excluding hydrogens is 275 g/mol. The number of nitrogens with one attached hydrogen (secondary N) is 1. The molecule has 2 nitrogen and oxygen atoms in total. The van der Waals surface area contributed by atoms with Crippen LogP contribution >= 0.6 is 12.4 Å². The maximum absolute atomic E-state index is 13.2. The Morgan fingerprint density at radius 1 is 1.30 bits per heavy atom. The Morgan fingerprint density at radius 2 is 2.10 bits per heavy atom. The van der Waals surface area contributed by atoms with Crippen molar-refractivity contribution in [2.24, 2.45) is 0 Å². The SMILES string of the molecule is CC1(C)CNc2cc(Cc3cccc(F)c3)ncc21.Cl. The quantitative estimate of drug-likeness (QED) is 0.907. The number of aromatic nitrogens is 1. The zero-order valence-electron chi connectivity index (χ0n) is 11.6. The van der Waals surface area contributed by atoms with Crippen LogP contribution in [-0.4, -0.2) is 11.5 Å². The van der Waals surface area contributed by atoms with Gasteiger partial charge in [0.1, 0.15) is 5.82 Å². The zero-order valence-corrected chi connectivity index (χ0v) is 12.4. The standard InChI is InChI=1S/C16H17FN2.ClH/c1-16(2)10-19-15-8-13(18-9-14(15)16)7-11-4-3-5-12(17)6-11;/h3-6,8-9,19H,7,10H2,1-2H3;1H. The molecule has 0 unspecified atom stereocenters. The largest absolute Gasteiger partial charge is 0.384 e. The lowest BCUT2D eigenvalue weighted by Crippen LogP contribution is -2.19. The van der Waals surface area contributed by atoms with Gasteiger partial charge in [-0.05, 0) is 23.8 Å². The Kier molecular flexibility index (Phi) is 4.00. The summed E-state index contributed by atoms with van der Waals surface area (Å²) in [7, 11) is 0. The summed E-state index contributed by atoms with van der Waals surface area (Å²) in [5, 5.41) is 3.41. The topological polar surface area (TPSA) is 24.9 Å². The second-order valence-electron chi connectivity index (χ2n) is 5.77. The minimum Gasteiger partial charge on any atom is -0.384 e. The minimum absolute atomic E-state index is 0. The van der Waals surface area contributed by atoms with Crippen molar-refractivity contribution >= 4 is 18.1 Å². The first-order valence-corrected chi connectivity index (χ1v) is 6.52. The van der Waals surface area contributed by atoms with Crippen LogP contribution in [0, 0.1) is 5.82 Å². The number of fused-ring (bicyclic) bond motifs is 1. The van der Waals surface area contributed by atoms with E-state index in [1.54, 1.807) is 12.1 Å². The highest BCUT2D eigenvalue weighted by molar-refractivity contribution is 5.85. The van der Waals surface area contributed by atoms with E-state index in [2.05, 4.69) is 30.2 Å². The van der Waals surface area contributed by atoms with Crippen LogP contribution in [0.1, 0.15) is 30.7 Å². The van der Waals surface area contributed by atoms with E-state index in [9.17, 15) is 4.39 Å². The van der Waals surface area contributed by atoms with Crippen molar-refractivity contribution in [1.82, 2.24) is 4.98 Å². The molecule has 20 heavy (non-hydrogen) atoms. The molecule has 3 rings (SSSR count). The molecule has 106 valence electrons. The third kappa shape index (κ3) is 2.78. The van der Waals surface area contributed by atoms with Crippen LogP contribution in [-0.2, 0) is 11.8 Å². The van der Waals surface area contributed by atoms with Crippen LogP contribution in [0.15, 0.2) is 36.5 Å². The molecule has 1 aliphatic heterocycles. The van der Waals surface area contributed by atoms with E-state index in [0.29, 0.717) is 6.42 Å². The lowest BCUT2D eigenvalue weighted by Gasteiger charge is -2.16. The van der Waals surface area contributed by atoms with Gasteiger partial charge in [-0.1, -0.05) is 26.0 Å². The third-order valence-corrected chi connectivity index (χ3v) is 3.68. The Labute approximate surface area is 124 Å². The minimum atomic E-state index is -0.196. The van der Waals surface area contributed by atoms with E-state index in [1.807, 2.05) is 12.3 Å². The van der Waals surface area contributed by atoms with E-state index in [4.69, 9.17) is 0 Å². The first-order chi connectivity index (χ1) is 9.04. The highest BCUT2D eigenvalue weighted by Gasteiger charge is 2.29. The van der Waals surface area contributed by atoms with Gasteiger partial charge in [0, 0.05) is 41.5 Å². The van der Waals surface area contributed by atoms with Gasteiger partial charge in [0.15, 0.2) is 0 Å². The Balaban J connectivity index is 0.00000147. The molecule has 2 aromatic rings. The fourth-order valence-corrected chi connectivity index (χ4v) is 2.55. The number of anilines is 1. The molecule has 2 heterocycles. The van der Waals surface area contributed by atoms with Gasteiger partial charge < -0.3 is 5.32 Å². The summed E-state index contributed by atoms with van der Waals surface area (Å²) in [6.07, 6.45) is 2.61. The first-order valence-electron chi connectivity index (χ1n) is 6.52. The van der Waals surface area contributed by atoms with Gasteiger partial charge in [0.2, 0.25) is 0 Å². The number of benzene rings is 1. The fraction of sp³-hybridized carbons (Fsp3) is 0.312. The van der Waals surface area contributed by atoms with Crippen LogP contribution in [0.25, 0.3) is 0 Å². The molecular formula is C16H18ClFN2. The van der Waals surface area contributed by atoms with Crippen molar-refractivity contribution in [2.75, 3.05) is 11.9 Å². The van der Waals surface area contributed by atoms with Crippen molar-refractivity contribution in [1.29, 1.82) is 0 Å². The van der Waals surface area contributed by atoms with Gasteiger partial charge >= 0.3 is 0 Å². The number of hydrogen-bond acceptors (Lipinski definition) is 2. The van der Waals surface area contributed by atoms with Crippen molar-refractivity contribution in [2.45, 2.75) is 25.7 Å². The highest BCUT2D eigenvalue weighted by Crippen LogP contribution is 2.35. The van der Waals surface area contributed by atoms with Gasteiger partial charge in [-0.15, -0.1) is 12.4 Å². The van der Waals surface area contributed by atoms with Gasteiger partial charge in [-0.2, -0.15) is 0 Å². The average molecular weight is 293 g/mol. The third-order valence-electron chi connectivity index (χ3n) is 3.68. The van der Waals surface area contributed by atoms with Gasteiger partial charge in [-0.25, -0.2) is 4.39 Å². The van der Waals surface area contributed by atoms with Gasteiger partial charge in [-0.3, -0.25) is 4.98 Å². The van der Waals surface area contributed by atoms with E-state index in [-0.39, 0.29) is 23.6 Å². The van der Waals surface area contributed by atoms with Crippen LogP contribution in [0.5, 0.6) is 0 Å². The number of rotatable bonds is 2. The van der Waals surface area contributed by atoms with Crippen LogP contribution in [0.4, 0.5) is 10.1 Å². The van der Waals surface area contributed by atoms with Crippen molar-refractivity contribution in [3.63, 3.8) is 0 Å². The summed E-state index contributed by atoms with van der Waals surface area (Å²) in [5.41, 5.74) is 4.47. The molecule has 1 aromatic heterocycles. The fourth-order valence-electron chi connectivity index (χ4n) is 2.55.